The molecule has 4 rings (SSSR count). The van der Waals surface area contributed by atoms with E-state index in [-0.39, 0.29) is 5.56 Å². The first-order valence-electron chi connectivity index (χ1n) is 10.1. The van der Waals surface area contributed by atoms with Crippen molar-refractivity contribution in [1.82, 2.24) is 24.3 Å². The van der Waals surface area contributed by atoms with E-state index in [0.29, 0.717) is 38.4 Å². The first-order chi connectivity index (χ1) is 15.7. The Kier molecular flexibility index (Phi) is 6.81. The largest absolute Gasteiger partial charge is 0.358 e. The summed E-state index contributed by atoms with van der Waals surface area (Å²) in [6.45, 7) is 1.57. The minimum atomic E-state index is -0.277. The van der Waals surface area contributed by atoms with Gasteiger partial charge in [-0.25, -0.2) is 14.5 Å². The van der Waals surface area contributed by atoms with Gasteiger partial charge in [-0.05, 0) is 50.5 Å². The van der Waals surface area contributed by atoms with Crippen LogP contribution in [0.3, 0.4) is 0 Å². The molecule has 0 saturated heterocycles. The average molecular weight is 501 g/mol. The molecule has 0 amide bonds. The average Bonchev–Trinajstić information content (AvgIpc) is 3.28. The van der Waals surface area contributed by atoms with Gasteiger partial charge in [0.15, 0.2) is 5.82 Å². The van der Waals surface area contributed by atoms with Gasteiger partial charge in [0.1, 0.15) is 11.7 Å². The number of pyridine rings is 1. The topological polar surface area (TPSA) is 78.1 Å². The van der Waals surface area contributed by atoms with Crippen LogP contribution in [0.1, 0.15) is 5.56 Å². The molecule has 7 nitrogen and oxygen atoms in total. The number of hydrogen-bond donors (Lipinski definition) is 1. The number of rotatable bonds is 6. The van der Waals surface area contributed by atoms with Crippen molar-refractivity contribution in [3.63, 3.8) is 0 Å². The van der Waals surface area contributed by atoms with Gasteiger partial charge >= 0.3 is 0 Å². The lowest BCUT2D eigenvalue weighted by Gasteiger charge is -2.21. The quantitative estimate of drug-likeness (QED) is 0.308. The highest BCUT2D eigenvalue weighted by molar-refractivity contribution is 7.13. The van der Waals surface area contributed by atoms with Gasteiger partial charge < -0.3 is 9.80 Å². The van der Waals surface area contributed by atoms with Crippen LogP contribution in [0, 0.1) is 5.41 Å². The molecule has 0 fully saturated rings. The number of halogens is 2. The first-order valence-corrected chi connectivity index (χ1v) is 11.8. The standard InChI is InChI=1S/C23H22Cl2N6OS/c1-29(2)8-9-30(3)21(26)14-10-19(33-13-14)22-28-18-6-4-15(24)11-17(18)23(32)31(22)20-7-5-16(25)12-27-20/h4-7,10-13,26H,8-9H2,1-3H3. The monoisotopic (exact) mass is 500 g/mol. The van der Waals surface area contributed by atoms with Gasteiger partial charge in [0, 0.05) is 42.3 Å². The Bertz CT molecular complexity index is 1380. The van der Waals surface area contributed by atoms with Crippen LogP contribution in [-0.2, 0) is 0 Å². The van der Waals surface area contributed by atoms with Gasteiger partial charge in [-0.2, -0.15) is 0 Å². The molecule has 0 bridgehead atoms. The summed E-state index contributed by atoms with van der Waals surface area (Å²) in [7, 11) is 5.90. The van der Waals surface area contributed by atoms with Gasteiger partial charge in [-0.15, -0.1) is 11.3 Å². The van der Waals surface area contributed by atoms with Crippen LogP contribution < -0.4 is 5.56 Å². The second-order valence-electron chi connectivity index (χ2n) is 7.85. The van der Waals surface area contributed by atoms with E-state index in [1.165, 1.54) is 22.1 Å². The molecule has 0 radical (unpaired) electrons. The molecule has 33 heavy (non-hydrogen) atoms. The van der Waals surface area contributed by atoms with Gasteiger partial charge in [0.05, 0.1) is 20.8 Å². The molecule has 0 atom stereocenters. The zero-order valence-electron chi connectivity index (χ0n) is 18.3. The molecule has 0 saturated carbocycles. The molecule has 0 aliphatic heterocycles. The van der Waals surface area contributed by atoms with E-state index in [9.17, 15) is 4.79 Å². The number of thiophene rings is 1. The third-order valence-electron chi connectivity index (χ3n) is 5.13. The van der Waals surface area contributed by atoms with Crippen LogP contribution in [-0.4, -0.2) is 64.4 Å². The number of fused-ring (bicyclic) bond motifs is 1. The maximum absolute atomic E-state index is 13.5. The molecule has 10 heteroatoms. The maximum Gasteiger partial charge on any atom is 0.267 e. The molecule has 0 aliphatic rings. The Morgan fingerprint density at radius 3 is 2.55 bits per heavy atom. The molecule has 0 aliphatic carbocycles. The second kappa shape index (κ2) is 9.61. The molecule has 0 spiro atoms. The third-order valence-corrected chi connectivity index (χ3v) is 6.51. The molecular formula is C23H22Cl2N6OS. The molecular weight excluding hydrogens is 479 g/mol. The summed E-state index contributed by atoms with van der Waals surface area (Å²) in [4.78, 5) is 27.3. The van der Waals surface area contributed by atoms with Crippen LogP contribution in [0.15, 0.2) is 52.8 Å². The Labute approximate surface area is 205 Å². The van der Waals surface area contributed by atoms with E-state index in [4.69, 9.17) is 33.6 Å². The molecule has 3 heterocycles. The first kappa shape index (κ1) is 23.4. The Morgan fingerprint density at radius 2 is 1.85 bits per heavy atom. The molecule has 3 aromatic heterocycles. The van der Waals surface area contributed by atoms with Gasteiger partial charge in [-0.3, -0.25) is 10.2 Å². The van der Waals surface area contributed by atoms with Crippen molar-refractivity contribution in [3.8, 4) is 16.5 Å². The van der Waals surface area contributed by atoms with Crippen molar-refractivity contribution in [2.24, 2.45) is 0 Å². The summed E-state index contributed by atoms with van der Waals surface area (Å²) in [5.74, 6) is 1.26. The van der Waals surface area contributed by atoms with Gasteiger partial charge in [-0.1, -0.05) is 23.2 Å². The van der Waals surface area contributed by atoms with Gasteiger partial charge in [0.25, 0.3) is 5.56 Å². The summed E-state index contributed by atoms with van der Waals surface area (Å²) in [5.41, 5.74) is 1.02. The van der Waals surface area contributed by atoms with Crippen LogP contribution in [0.5, 0.6) is 0 Å². The number of nitrogens with zero attached hydrogens (tertiary/aromatic N) is 5. The fourth-order valence-electron chi connectivity index (χ4n) is 3.30. The van der Waals surface area contributed by atoms with Crippen molar-refractivity contribution < 1.29 is 0 Å². The molecule has 0 unspecified atom stereocenters. The van der Waals surface area contributed by atoms with Crippen molar-refractivity contribution in [2.45, 2.75) is 0 Å². The van der Waals surface area contributed by atoms with Crippen LogP contribution in [0.25, 0.3) is 27.4 Å². The Balaban J connectivity index is 1.83. The number of likely N-dealkylation sites (N-methyl/N-ethyl adjacent to an activating group) is 2. The summed E-state index contributed by atoms with van der Waals surface area (Å²) < 4.78 is 1.46. The van der Waals surface area contributed by atoms with Crippen molar-refractivity contribution in [3.05, 3.63) is 73.9 Å². The highest BCUT2D eigenvalue weighted by atomic mass is 35.5. The fraction of sp³-hybridized carbons (Fsp3) is 0.217. The second-order valence-corrected chi connectivity index (χ2v) is 9.63. The highest BCUT2D eigenvalue weighted by Crippen LogP contribution is 2.29. The summed E-state index contributed by atoms with van der Waals surface area (Å²) >= 11 is 13.6. The lowest BCUT2D eigenvalue weighted by molar-refractivity contribution is 0.356. The number of benzene rings is 1. The summed E-state index contributed by atoms with van der Waals surface area (Å²) in [6, 6.07) is 10.3. The lowest BCUT2D eigenvalue weighted by atomic mass is 10.2. The summed E-state index contributed by atoms with van der Waals surface area (Å²) in [6.07, 6.45) is 1.49. The predicted molar refractivity (Wildman–Crippen MR) is 136 cm³/mol. The van der Waals surface area contributed by atoms with E-state index in [2.05, 4.69) is 9.88 Å². The van der Waals surface area contributed by atoms with Crippen LogP contribution in [0.4, 0.5) is 0 Å². The molecule has 1 aromatic carbocycles. The van der Waals surface area contributed by atoms with E-state index in [1.54, 1.807) is 30.3 Å². The lowest BCUT2D eigenvalue weighted by Crippen LogP contribution is -2.33. The zero-order chi connectivity index (χ0) is 23.7. The smallest absolute Gasteiger partial charge is 0.267 e. The van der Waals surface area contributed by atoms with Crippen LogP contribution in [0.2, 0.25) is 10.0 Å². The maximum atomic E-state index is 13.5. The van der Waals surface area contributed by atoms with E-state index in [1.807, 2.05) is 37.5 Å². The van der Waals surface area contributed by atoms with E-state index >= 15 is 0 Å². The Hall–Kier alpha value is -2.78. The van der Waals surface area contributed by atoms with Crippen molar-refractivity contribution in [2.75, 3.05) is 34.2 Å². The van der Waals surface area contributed by atoms with E-state index < -0.39 is 0 Å². The van der Waals surface area contributed by atoms with E-state index in [0.717, 1.165) is 23.5 Å². The zero-order valence-corrected chi connectivity index (χ0v) is 20.7. The fourth-order valence-corrected chi connectivity index (χ4v) is 4.45. The van der Waals surface area contributed by atoms with Gasteiger partial charge in [0.2, 0.25) is 0 Å². The normalized spacial score (nSPS) is 11.3. The molecule has 4 aromatic rings. The predicted octanol–water partition coefficient (Wildman–Crippen LogP) is 4.63. The third kappa shape index (κ3) is 4.94. The molecule has 1 N–H and O–H groups in total. The minimum absolute atomic E-state index is 0.277. The number of aromatic nitrogens is 3. The van der Waals surface area contributed by atoms with Crippen molar-refractivity contribution in [1.29, 1.82) is 5.41 Å². The number of amidine groups is 1. The Morgan fingerprint density at radius 1 is 1.09 bits per heavy atom. The number of hydrogen-bond acceptors (Lipinski definition) is 6. The molecule has 170 valence electrons. The minimum Gasteiger partial charge on any atom is -0.358 e. The SMILES string of the molecule is CN(C)CCN(C)C(=N)c1csc(-c2nc3ccc(Cl)cc3c(=O)n2-c2ccc(Cl)cn2)c1. The summed E-state index contributed by atoms with van der Waals surface area (Å²) in [5, 5.41) is 11.8. The van der Waals surface area contributed by atoms with Crippen molar-refractivity contribution >= 4 is 51.3 Å². The number of nitrogens with one attached hydrogen (secondary N) is 1. The highest BCUT2D eigenvalue weighted by Gasteiger charge is 2.19. The van der Waals surface area contributed by atoms with Crippen LogP contribution >= 0.6 is 34.5 Å².